The van der Waals surface area contributed by atoms with Gasteiger partial charge in [-0.2, -0.15) is 5.26 Å². The smallest absolute Gasteiger partial charge is 0.223 e. The molecule has 0 aliphatic carbocycles. The third-order valence-electron chi connectivity index (χ3n) is 7.87. The molecule has 2 aliphatic rings. The van der Waals surface area contributed by atoms with E-state index in [4.69, 9.17) is 16.3 Å². The monoisotopic (exact) mass is 568 g/mol. The summed E-state index contributed by atoms with van der Waals surface area (Å²) >= 11 is 6.67. The van der Waals surface area contributed by atoms with E-state index >= 15 is 4.39 Å². The molecule has 3 aromatic rings. The molecule has 0 amide bonds. The minimum Gasteiger partial charge on any atom is -0.389 e. The molecular formula is C29H34ClFN6O3. The minimum absolute atomic E-state index is 0.00345. The van der Waals surface area contributed by atoms with Crippen LogP contribution in [0.3, 0.4) is 0 Å². The van der Waals surface area contributed by atoms with Crippen LogP contribution >= 0.6 is 11.6 Å². The first kappa shape index (κ1) is 28.4. The molecule has 2 fully saturated rings. The number of aromatic nitrogens is 3. The Morgan fingerprint density at radius 3 is 2.88 bits per heavy atom. The van der Waals surface area contributed by atoms with Crippen LogP contribution in [0.15, 0.2) is 23.1 Å². The fraction of sp³-hybridized carbons (Fsp3) is 0.517. The fourth-order valence-corrected chi connectivity index (χ4v) is 6.02. The Hall–Kier alpha value is -3.10. The molecule has 2 aliphatic heterocycles. The number of fused-ring (bicyclic) bond motifs is 1. The van der Waals surface area contributed by atoms with Crippen LogP contribution in [-0.4, -0.2) is 63.0 Å². The third-order valence-corrected chi connectivity index (χ3v) is 8.18. The highest BCUT2D eigenvalue weighted by atomic mass is 35.5. The first-order valence-corrected chi connectivity index (χ1v) is 14.1. The molecule has 0 spiro atoms. The summed E-state index contributed by atoms with van der Waals surface area (Å²) in [6.07, 6.45) is 2.72. The van der Waals surface area contributed by atoms with Crippen LogP contribution in [-0.2, 0) is 11.3 Å². The van der Waals surface area contributed by atoms with E-state index in [2.05, 4.69) is 30.8 Å². The van der Waals surface area contributed by atoms with E-state index in [1.807, 2.05) is 20.8 Å². The van der Waals surface area contributed by atoms with Gasteiger partial charge in [0.1, 0.15) is 5.69 Å². The van der Waals surface area contributed by atoms with Crippen LogP contribution in [0.25, 0.3) is 22.2 Å². The zero-order valence-electron chi connectivity index (χ0n) is 23.0. The van der Waals surface area contributed by atoms with Gasteiger partial charge in [-0.1, -0.05) is 11.6 Å². The zero-order chi connectivity index (χ0) is 28.6. The first-order valence-electron chi connectivity index (χ1n) is 13.7. The van der Waals surface area contributed by atoms with Gasteiger partial charge >= 0.3 is 0 Å². The Labute approximate surface area is 237 Å². The van der Waals surface area contributed by atoms with Crippen LogP contribution in [0, 0.1) is 30.0 Å². The van der Waals surface area contributed by atoms with Gasteiger partial charge in [0.15, 0.2) is 11.2 Å². The summed E-state index contributed by atoms with van der Waals surface area (Å²) in [7, 11) is 0. The number of nitriles is 1. The van der Waals surface area contributed by atoms with E-state index in [0.29, 0.717) is 48.1 Å². The van der Waals surface area contributed by atoms with Gasteiger partial charge in [-0.25, -0.2) is 14.4 Å². The zero-order valence-corrected chi connectivity index (χ0v) is 23.7. The van der Waals surface area contributed by atoms with E-state index in [0.717, 1.165) is 31.3 Å². The van der Waals surface area contributed by atoms with Crippen molar-refractivity contribution in [1.82, 2.24) is 19.4 Å². The topological polar surface area (TPSA) is 116 Å². The number of piperidine rings is 1. The maximum atomic E-state index is 15.2. The summed E-state index contributed by atoms with van der Waals surface area (Å²) in [4.78, 5) is 24.3. The van der Waals surface area contributed by atoms with Crippen molar-refractivity contribution in [2.75, 3.05) is 31.6 Å². The second kappa shape index (κ2) is 11.8. The van der Waals surface area contributed by atoms with Gasteiger partial charge in [-0.15, -0.1) is 0 Å². The number of aliphatic hydroxyl groups excluding tert-OH is 1. The highest BCUT2D eigenvalue weighted by molar-refractivity contribution is 6.34. The second-order valence-corrected chi connectivity index (χ2v) is 11.4. The van der Waals surface area contributed by atoms with E-state index < -0.39 is 11.9 Å². The van der Waals surface area contributed by atoms with Crippen molar-refractivity contribution in [3.05, 3.63) is 50.7 Å². The lowest BCUT2D eigenvalue weighted by Crippen LogP contribution is -2.42. The van der Waals surface area contributed by atoms with E-state index in [1.165, 1.54) is 0 Å². The van der Waals surface area contributed by atoms with Gasteiger partial charge in [-0.05, 0) is 58.7 Å². The number of halogens is 2. The van der Waals surface area contributed by atoms with Gasteiger partial charge in [0.2, 0.25) is 5.95 Å². The van der Waals surface area contributed by atoms with E-state index in [-0.39, 0.29) is 46.7 Å². The molecule has 2 saturated heterocycles. The molecule has 2 N–H and O–H groups in total. The van der Waals surface area contributed by atoms with Crippen LogP contribution in [0.4, 0.5) is 10.3 Å². The number of ether oxygens (including phenoxy) is 1. The molecule has 40 heavy (non-hydrogen) atoms. The maximum absolute atomic E-state index is 15.2. The fourth-order valence-electron chi connectivity index (χ4n) is 5.77. The highest BCUT2D eigenvalue weighted by Gasteiger charge is 2.27. The number of rotatable bonds is 6. The summed E-state index contributed by atoms with van der Waals surface area (Å²) in [6, 6.07) is 5.37. The minimum atomic E-state index is -0.736. The molecule has 4 heterocycles. The number of nitrogens with one attached hydrogen (secondary N) is 1. The van der Waals surface area contributed by atoms with Crippen LogP contribution in [0.5, 0.6) is 0 Å². The van der Waals surface area contributed by atoms with Crippen molar-refractivity contribution in [3.63, 3.8) is 0 Å². The summed E-state index contributed by atoms with van der Waals surface area (Å²) < 4.78 is 22.6. The molecule has 11 heteroatoms. The van der Waals surface area contributed by atoms with Gasteiger partial charge in [0.05, 0.1) is 47.5 Å². The summed E-state index contributed by atoms with van der Waals surface area (Å²) in [5.41, 5.74) is 2.38. The largest absolute Gasteiger partial charge is 0.389 e. The first-order chi connectivity index (χ1) is 19.2. The highest BCUT2D eigenvalue weighted by Crippen LogP contribution is 2.34. The molecule has 3 atom stereocenters. The predicted octanol–water partition coefficient (Wildman–Crippen LogP) is 4.44. The van der Waals surface area contributed by atoms with Crippen LogP contribution in [0.2, 0.25) is 5.02 Å². The Balaban J connectivity index is 1.60. The second-order valence-electron chi connectivity index (χ2n) is 11.0. The lowest BCUT2D eigenvalue weighted by atomic mass is 9.98. The van der Waals surface area contributed by atoms with Gasteiger partial charge in [0.25, 0.3) is 0 Å². The summed E-state index contributed by atoms with van der Waals surface area (Å²) in [5, 5.41) is 23.5. The Bertz CT molecular complexity index is 1520. The normalized spacial score (nSPS) is 22.0. The van der Waals surface area contributed by atoms with Crippen molar-refractivity contribution >= 4 is 28.5 Å². The number of benzene rings is 1. The Morgan fingerprint density at radius 1 is 1.35 bits per heavy atom. The molecule has 0 saturated carbocycles. The van der Waals surface area contributed by atoms with E-state index in [1.54, 1.807) is 12.1 Å². The van der Waals surface area contributed by atoms with Gasteiger partial charge < -0.3 is 19.7 Å². The number of pyridine rings is 1. The van der Waals surface area contributed by atoms with Gasteiger partial charge in [0, 0.05) is 47.9 Å². The predicted molar refractivity (Wildman–Crippen MR) is 152 cm³/mol. The quantitative estimate of drug-likeness (QED) is 0.448. The average molecular weight is 569 g/mol. The van der Waals surface area contributed by atoms with Crippen molar-refractivity contribution in [3.8, 4) is 17.3 Å². The molecule has 2 aromatic heterocycles. The summed E-state index contributed by atoms with van der Waals surface area (Å²) in [5.74, 6) is -0.507. The number of aliphatic hydroxyl groups is 1. The molecule has 5 rings (SSSR count). The number of hydrogen-bond acceptors (Lipinski definition) is 8. The van der Waals surface area contributed by atoms with Crippen LogP contribution < -0.4 is 10.7 Å². The SMILES string of the molecule is Cc1c(CN2CCC[C@@H](C#N)C2)n(C(C)C)c2cc(-c3nc(N[C@@H]4CCOC[C@H]4O)ncc3F)c(Cl)cc2c1=O. The van der Waals surface area contributed by atoms with Crippen molar-refractivity contribution in [2.45, 2.75) is 64.8 Å². The lowest BCUT2D eigenvalue weighted by Gasteiger charge is -2.32. The molecule has 0 unspecified atom stereocenters. The average Bonchev–Trinajstić information content (AvgIpc) is 2.94. The number of nitrogens with zero attached hydrogens (tertiary/aromatic N) is 5. The molecular weight excluding hydrogens is 535 g/mol. The standard InChI is InChI=1S/C29H34ClFN6O3/c1-16(2)37-24-10-19(27-22(31)12-33-29(35-27)34-23-6-8-40-15-26(23)38)21(30)9-20(24)28(39)17(3)25(37)14-36-7-4-5-18(11-32)13-36/h9-10,12,16,18,23,26,38H,4-8,13-15H2,1-3H3,(H,33,34,35)/t18-,23+,26+/m0/s1. The number of hydrogen-bond donors (Lipinski definition) is 2. The van der Waals surface area contributed by atoms with Crippen molar-refractivity contribution in [1.29, 1.82) is 5.26 Å². The lowest BCUT2D eigenvalue weighted by molar-refractivity contribution is -0.0136. The molecule has 0 bridgehead atoms. The third kappa shape index (κ3) is 5.56. The Morgan fingerprint density at radius 2 is 2.15 bits per heavy atom. The van der Waals surface area contributed by atoms with Gasteiger partial charge in [-0.3, -0.25) is 9.69 Å². The van der Waals surface area contributed by atoms with E-state index in [9.17, 15) is 15.2 Å². The number of likely N-dealkylation sites (tertiary alicyclic amines) is 1. The summed E-state index contributed by atoms with van der Waals surface area (Å²) in [6.45, 7) is 8.66. The molecule has 0 radical (unpaired) electrons. The maximum Gasteiger partial charge on any atom is 0.223 e. The molecule has 212 valence electrons. The molecule has 9 nitrogen and oxygen atoms in total. The van der Waals surface area contributed by atoms with Crippen molar-refractivity contribution < 1.29 is 14.2 Å². The Kier molecular flexibility index (Phi) is 8.38. The number of anilines is 1. The van der Waals surface area contributed by atoms with Crippen LogP contribution in [0.1, 0.15) is 50.4 Å². The molecule has 1 aromatic carbocycles. The van der Waals surface area contributed by atoms with Crippen molar-refractivity contribution in [2.24, 2.45) is 5.92 Å².